The SMILES string of the molecule is N#CC1(C(=O)Nc2ccccc2[N+](=O)[O-])CCOCC1. The van der Waals surface area contributed by atoms with Crippen molar-refractivity contribution in [1.29, 1.82) is 5.26 Å². The van der Waals surface area contributed by atoms with Gasteiger partial charge in [-0.3, -0.25) is 14.9 Å². The third-order valence-corrected chi connectivity index (χ3v) is 3.34. The van der Waals surface area contributed by atoms with Gasteiger partial charge < -0.3 is 10.1 Å². The van der Waals surface area contributed by atoms with Crippen molar-refractivity contribution in [2.75, 3.05) is 18.5 Å². The molecule has 2 rings (SSSR count). The number of hydrogen-bond donors (Lipinski definition) is 1. The van der Waals surface area contributed by atoms with E-state index in [9.17, 15) is 20.2 Å². The molecule has 0 radical (unpaired) electrons. The van der Waals surface area contributed by atoms with Crippen LogP contribution >= 0.6 is 0 Å². The molecule has 0 aromatic heterocycles. The second-order valence-corrected chi connectivity index (χ2v) is 4.53. The number of amides is 1. The largest absolute Gasteiger partial charge is 0.381 e. The highest BCUT2D eigenvalue weighted by atomic mass is 16.6. The Bertz CT molecular complexity index is 573. The summed E-state index contributed by atoms with van der Waals surface area (Å²) in [5, 5.41) is 22.7. The van der Waals surface area contributed by atoms with Crippen LogP contribution in [0.4, 0.5) is 11.4 Å². The first-order chi connectivity index (χ1) is 9.59. The normalized spacial score (nSPS) is 16.9. The Morgan fingerprint density at radius 1 is 1.40 bits per heavy atom. The summed E-state index contributed by atoms with van der Waals surface area (Å²) in [6.07, 6.45) is 0.575. The first-order valence-corrected chi connectivity index (χ1v) is 6.13. The first kappa shape index (κ1) is 14.0. The summed E-state index contributed by atoms with van der Waals surface area (Å²) < 4.78 is 5.15. The summed E-state index contributed by atoms with van der Waals surface area (Å²) in [6, 6.07) is 7.88. The molecule has 0 unspecified atom stereocenters. The molecule has 1 aromatic carbocycles. The molecule has 7 heteroatoms. The number of nitriles is 1. The molecule has 1 aromatic rings. The van der Waals surface area contributed by atoms with Gasteiger partial charge in [0.15, 0.2) is 0 Å². The molecule has 0 atom stereocenters. The molecule has 0 spiro atoms. The van der Waals surface area contributed by atoms with Gasteiger partial charge >= 0.3 is 0 Å². The number of nitrogens with one attached hydrogen (secondary N) is 1. The van der Waals surface area contributed by atoms with Crippen molar-refractivity contribution in [2.24, 2.45) is 5.41 Å². The number of carbonyl (C=O) groups is 1. The van der Waals surface area contributed by atoms with E-state index in [1.165, 1.54) is 18.2 Å². The zero-order valence-corrected chi connectivity index (χ0v) is 10.7. The Balaban J connectivity index is 2.23. The first-order valence-electron chi connectivity index (χ1n) is 6.13. The van der Waals surface area contributed by atoms with Crippen molar-refractivity contribution in [2.45, 2.75) is 12.8 Å². The third-order valence-electron chi connectivity index (χ3n) is 3.34. The lowest BCUT2D eigenvalue weighted by molar-refractivity contribution is -0.383. The molecule has 7 nitrogen and oxygen atoms in total. The van der Waals surface area contributed by atoms with Crippen LogP contribution in [-0.2, 0) is 9.53 Å². The molecule has 1 aliphatic rings. The highest BCUT2D eigenvalue weighted by Crippen LogP contribution is 2.32. The fourth-order valence-corrected chi connectivity index (χ4v) is 2.09. The molecular weight excluding hydrogens is 262 g/mol. The van der Waals surface area contributed by atoms with Crippen molar-refractivity contribution in [3.05, 3.63) is 34.4 Å². The molecule has 1 amide bonds. The van der Waals surface area contributed by atoms with E-state index in [0.29, 0.717) is 13.2 Å². The summed E-state index contributed by atoms with van der Waals surface area (Å²) in [5.41, 5.74) is -1.27. The van der Waals surface area contributed by atoms with E-state index in [2.05, 4.69) is 5.32 Å². The summed E-state index contributed by atoms with van der Waals surface area (Å²) in [7, 11) is 0. The number of nitro benzene ring substituents is 1. The average Bonchev–Trinajstić information content (AvgIpc) is 2.48. The number of anilines is 1. The summed E-state index contributed by atoms with van der Waals surface area (Å²) in [4.78, 5) is 22.6. The Labute approximate surface area is 115 Å². The van der Waals surface area contributed by atoms with E-state index in [1.807, 2.05) is 6.07 Å². The summed E-state index contributed by atoms with van der Waals surface area (Å²) in [6.45, 7) is 0.662. The number of rotatable bonds is 3. The van der Waals surface area contributed by atoms with Crippen LogP contribution in [0, 0.1) is 26.9 Å². The standard InChI is InChI=1S/C13H13N3O4/c14-9-13(5-7-20-8-6-13)12(17)15-10-3-1-2-4-11(10)16(18)19/h1-4H,5-8H2,(H,15,17). The highest BCUT2D eigenvalue weighted by molar-refractivity contribution is 5.98. The molecule has 104 valence electrons. The molecular formula is C13H13N3O4. The van der Waals surface area contributed by atoms with E-state index < -0.39 is 16.2 Å². The van der Waals surface area contributed by atoms with Crippen LogP contribution in [0.15, 0.2) is 24.3 Å². The van der Waals surface area contributed by atoms with Gasteiger partial charge in [-0.2, -0.15) is 5.26 Å². The fraction of sp³-hybridized carbons (Fsp3) is 0.385. The zero-order valence-electron chi connectivity index (χ0n) is 10.7. The van der Waals surface area contributed by atoms with E-state index in [1.54, 1.807) is 6.07 Å². The molecule has 1 fully saturated rings. The average molecular weight is 275 g/mol. The molecule has 20 heavy (non-hydrogen) atoms. The van der Waals surface area contributed by atoms with E-state index in [0.717, 1.165) is 0 Å². The van der Waals surface area contributed by atoms with Crippen LogP contribution in [0.25, 0.3) is 0 Å². The van der Waals surface area contributed by atoms with Crippen molar-refractivity contribution < 1.29 is 14.5 Å². The lowest BCUT2D eigenvalue weighted by atomic mass is 9.81. The molecule has 1 heterocycles. The molecule has 1 saturated heterocycles. The van der Waals surface area contributed by atoms with Gasteiger partial charge in [-0.15, -0.1) is 0 Å². The zero-order chi connectivity index (χ0) is 14.6. The molecule has 0 aliphatic carbocycles. The van der Waals surface area contributed by atoms with Crippen molar-refractivity contribution in [3.63, 3.8) is 0 Å². The molecule has 0 bridgehead atoms. The number of hydrogen-bond acceptors (Lipinski definition) is 5. The van der Waals surface area contributed by atoms with Crippen LogP contribution < -0.4 is 5.32 Å². The van der Waals surface area contributed by atoms with Gasteiger partial charge in [0.1, 0.15) is 11.1 Å². The number of para-hydroxylation sites is 2. The number of benzene rings is 1. The number of carbonyl (C=O) groups excluding carboxylic acids is 1. The molecule has 0 saturated carbocycles. The minimum atomic E-state index is -1.18. The monoisotopic (exact) mass is 275 g/mol. The van der Waals surface area contributed by atoms with Gasteiger partial charge in [0.25, 0.3) is 5.69 Å². The topological polar surface area (TPSA) is 105 Å². The van der Waals surface area contributed by atoms with Crippen LogP contribution in [0.5, 0.6) is 0 Å². The lowest BCUT2D eigenvalue weighted by Crippen LogP contribution is -2.40. The summed E-state index contributed by atoms with van der Waals surface area (Å²) >= 11 is 0. The van der Waals surface area contributed by atoms with E-state index in [-0.39, 0.29) is 24.2 Å². The van der Waals surface area contributed by atoms with Gasteiger partial charge in [0, 0.05) is 19.3 Å². The van der Waals surface area contributed by atoms with E-state index in [4.69, 9.17) is 4.74 Å². The maximum Gasteiger partial charge on any atom is 0.292 e. The second-order valence-electron chi connectivity index (χ2n) is 4.53. The predicted molar refractivity (Wildman–Crippen MR) is 69.8 cm³/mol. The number of nitro groups is 1. The summed E-state index contributed by atoms with van der Waals surface area (Å²) in [5.74, 6) is -0.516. The molecule has 1 aliphatic heterocycles. The second kappa shape index (κ2) is 5.67. The van der Waals surface area contributed by atoms with Crippen LogP contribution in [-0.4, -0.2) is 24.0 Å². The fourth-order valence-electron chi connectivity index (χ4n) is 2.09. The third kappa shape index (κ3) is 2.60. The van der Waals surface area contributed by atoms with Crippen molar-refractivity contribution >= 4 is 17.3 Å². The Morgan fingerprint density at radius 2 is 2.05 bits per heavy atom. The predicted octanol–water partition coefficient (Wildman–Crippen LogP) is 1.85. The van der Waals surface area contributed by atoms with Crippen LogP contribution in [0.3, 0.4) is 0 Å². The van der Waals surface area contributed by atoms with Crippen LogP contribution in [0.2, 0.25) is 0 Å². The minimum Gasteiger partial charge on any atom is -0.381 e. The van der Waals surface area contributed by atoms with Gasteiger partial charge in [-0.05, 0) is 18.9 Å². The minimum absolute atomic E-state index is 0.101. The highest BCUT2D eigenvalue weighted by Gasteiger charge is 2.41. The number of nitrogens with zero attached hydrogens (tertiary/aromatic N) is 2. The Morgan fingerprint density at radius 3 is 2.65 bits per heavy atom. The van der Waals surface area contributed by atoms with Crippen LogP contribution in [0.1, 0.15) is 12.8 Å². The number of ether oxygens (including phenoxy) is 1. The smallest absolute Gasteiger partial charge is 0.292 e. The van der Waals surface area contributed by atoms with Crippen molar-refractivity contribution in [1.82, 2.24) is 0 Å². The maximum absolute atomic E-state index is 12.3. The van der Waals surface area contributed by atoms with Crippen molar-refractivity contribution in [3.8, 4) is 6.07 Å². The van der Waals surface area contributed by atoms with Gasteiger partial charge in [-0.25, -0.2) is 0 Å². The van der Waals surface area contributed by atoms with Gasteiger partial charge in [0.2, 0.25) is 5.91 Å². The van der Waals surface area contributed by atoms with E-state index >= 15 is 0 Å². The van der Waals surface area contributed by atoms with Gasteiger partial charge in [0.05, 0.1) is 11.0 Å². The maximum atomic E-state index is 12.3. The Kier molecular flexibility index (Phi) is 3.96. The van der Waals surface area contributed by atoms with Gasteiger partial charge in [-0.1, -0.05) is 12.1 Å². The molecule has 1 N–H and O–H groups in total. The Hall–Kier alpha value is -2.46. The quantitative estimate of drug-likeness (QED) is 0.669. The lowest BCUT2D eigenvalue weighted by Gasteiger charge is -2.29.